The Morgan fingerprint density at radius 1 is 1.10 bits per heavy atom. The van der Waals surface area contributed by atoms with Crippen LogP contribution in [0.25, 0.3) is 10.9 Å². The Labute approximate surface area is 112 Å². The molecule has 100 valence electrons. The molecule has 3 rings (SSSR count). The first-order valence-corrected chi connectivity index (χ1v) is 5.84. The molecule has 20 heavy (non-hydrogen) atoms. The van der Waals surface area contributed by atoms with Crippen molar-refractivity contribution >= 4 is 22.5 Å². The smallest absolute Gasteiger partial charge is 0.276 e. The van der Waals surface area contributed by atoms with Gasteiger partial charge in [0.2, 0.25) is 0 Å². The van der Waals surface area contributed by atoms with Gasteiger partial charge in [0.1, 0.15) is 11.6 Å². The predicted octanol–water partition coefficient (Wildman–Crippen LogP) is 3.09. The molecule has 6 heteroatoms. The molecule has 0 spiro atoms. The summed E-state index contributed by atoms with van der Waals surface area (Å²) in [6, 6.07) is 9.91. The Hall–Kier alpha value is -2.76. The van der Waals surface area contributed by atoms with Crippen LogP contribution in [0.4, 0.5) is 14.5 Å². The highest BCUT2D eigenvalue weighted by Gasteiger charge is 2.14. The summed E-state index contributed by atoms with van der Waals surface area (Å²) in [6.45, 7) is 0. The minimum Gasteiger partial charge on any atom is -0.320 e. The van der Waals surface area contributed by atoms with Crippen molar-refractivity contribution in [2.24, 2.45) is 0 Å². The third-order valence-corrected chi connectivity index (χ3v) is 2.81. The number of rotatable bonds is 2. The molecule has 0 aliphatic heterocycles. The van der Waals surface area contributed by atoms with Crippen LogP contribution in [0, 0.1) is 11.6 Å². The molecular weight excluding hydrogens is 264 g/mol. The molecule has 0 radical (unpaired) electrons. The fourth-order valence-electron chi connectivity index (χ4n) is 1.95. The van der Waals surface area contributed by atoms with E-state index in [1.165, 1.54) is 0 Å². The molecule has 0 aliphatic rings. The topological polar surface area (TPSA) is 57.8 Å². The lowest BCUT2D eigenvalue weighted by molar-refractivity contribution is 0.102. The van der Waals surface area contributed by atoms with Crippen molar-refractivity contribution in [2.75, 3.05) is 5.32 Å². The molecular formula is C14H9F2N3O. The molecule has 1 amide bonds. The van der Waals surface area contributed by atoms with E-state index in [9.17, 15) is 13.6 Å². The van der Waals surface area contributed by atoms with Crippen LogP contribution in [0.1, 0.15) is 10.5 Å². The summed E-state index contributed by atoms with van der Waals surface area (Å²) in [5, 5.41) is 9.69. The van der Waals surface area contributed by atoms with Gasteiger partial charge in [0.05, 0.1) is 5.52 Å². The molecule has 2 aromatic carbocycles. The Bertz CT molecular complexity index is 778. The van der Waals surface area contributed by atoms with E-state index in [0.29, 0.717) is 10.9 Å². The van der Waals surface area contributed by atoms with Crippen molar-refractivity contribution in [3.05, 3.63) is 59.8 Å². The maximum atomic E-state index is 13.1. The Kier molecular flexibility index (Phi) is 2.90. The van der Waals surface area contributed by atoms with E-state index in [1.807, 2.05) is 6.07 Å². The standard InChI is InChI=1S/C14H9F2N3O/c15-8-5-9(16)7-10(6-8)17-14(20)13-11-3-1-2-4-12(11)18-19-13/h1-7H,(H,17,20)(H,18,19). The second kappa shape index (κ2) is 4.73. The summed E-state index contributed by atoms with van der Waals surface area (Å²) in [7, 11) is 0. The lowest BCUT2D eigenvalue weighted by atomic mass is 10.2. The van der Waals surface area contributed by atoms with Gasteiger partial charge >= 0.3 is 0 Å². The maximum Gasteiger partial charge on any atom is 0.276 e. The minimum atomic E-state index is -0.757. The summed E-state index contributed by atoms with van der Waals surface area (Å²) in [6.07, 6.45) is 0. The third-order valence-electron chi connectivity index (χ3n) is 2.81. The first kappa shape index (κ1) is 12.3. The van der Waals surface area contributed by atoms with Crippen molar-refractivity contribution < 1.29 is 13.6 Å². The fraction of sp³-hybridized carbons (Fsp3) is 0. The van der Waals surface area contributed by atoms with Gasteiger partial charge in [0, 0.05) is 17.1 Å². The molecule has 3 aromatic rings. The molecule has 0 saturated heterocycles. The third kappa shape index (κ3) is 2.23. The van der Waals surface area contributed by atoms with Crippen molar-refractivity contribution in [1.82, 2.24) is 10.2 Å². The number of para-hydroxylation sites is 1. The van der Waals surface area contributed by atoms with Crippen LogP contribution in [0.15, 0.2) is 42.5 Å². The van der Waals surface area contributed by atoms with E-state index >= 15 is 0 Å². The van der Waals surface area contributed by atoms with Crippen LogP contribution in [0.2, 0.25) is 0 Å². The number of nitrogens with zero attached hydrogens (tertiary/aromatic N) is 1. The second-order valence-corrected chi connectivity index (χ2v) is 4.23. The number of hydrogen-bond acceptors (Lipinski definition) is 2. The monoisotopic (exact) mass is 273 g/mol. The van der Waals surface area contributed by atoms with Crippen molar-refractivity contribution in [3.63, 3.8) is 0 Å². The van der Waals surface area contributed by atoms with Crippen LogP contribution < -0.4 is 5.32 Å². The van der Waals surface area contributed by atoms with Gasteiger partial charge < -0.3 is 5.32 Å². The SMILES string of the molecule is O=C(Nc1cc(F)cc(F)c1)c1n[nH]c2ccccc12. The average molecular weight is 273 g/mol. The second-order valence-electron chi connectivity index (χ2n) is 4.23. The zero-order valence-electron chi connectivity index (χ0n) is 10.2. The number of benzene rings is 2. The molecule has 0 atom stereocenters. The normalized spacial score (nSPS) is 10.7. The average Bonchev–Trinajstić information content (AvgIpc) is 2.81. The number of amides is 1. The molecule has 0 aliphatic carbocycles. The van der Waals surface area contributed by atoms with E-state index in [1.54, 1.807) is 18.2 Å². The zero-order valence-corrected chi connectivity index (χ0v) is 10.2. The Balaban J connectivity index is 1.93. The van der Waals surface area contributed by atoms with Crippen LogP contribution in [0.3, 0.4) is 0 Å². The summed E-state index contributed by atoms with van der Waals surface area (Å²) in [4.78, 5) is 12.1. The maximum absolute atomic E-state index is 13.1. The summed E-state index contributed by atoms with van der Waals surface area (Å²) >= 11 is 0. The number of fused-ring (bicyclic) bond motifs is 1. The number of aromatic amines is 1. The summed E-state index contributed by atoms with van der Waals surface area (Å²) in [5.74, 6) is -2.05. The van der Waals surface area contributed by atoms with Gasteiger partial charge in [0.25, 0.3) is 5.91 Å². The van der Waals surface area contributed by atoms with Crippen LogP contribution in [-0.4, -0.2) is 16.1 Å². The highest BCUT2D eigenvalue weighted by atomic mass is 19.1. The van der Waals surface area contributed by atoms with E-state index in [0.717, 1.165) is 18.2 Å². The van der Waals surface area contributed by atoms with Crippen LogP contribution >= 0.6 is 0 Å². The number of hydrogen-bond donors (Lipinski definition) is 2. The Morgan fingerprint density at radius 3 is 2.55 bits per heavy atom. The minimum absolute atomic E-state index is 0.0413. The lowest BCUT2D eigenvalue weighted by Gasteiger charge is -2.04. The van der Waals surface area contributed by atoms with E-state index in [2.05, 4.69) is 15.5 Å². The molecule has 0 unspecified atom stereocenters. The number of nitrogens with one attached hydrogen (secondary N) is 2. The van der Waals surface area contributed by atoms with Gasteiger partial charge in [-0.15, -0.1) is 0 Å². The molecule has 0 saturated carbocycles. The largest absolute Gasteiger partial charge is 0.320 e. The van der Waals surface area contributed by atoms with Crippen molar-refractivity contribution in [1.29, 1.82) is 0 Å². The predicted molar refractivity (Wildman–Crippen MR) is 70.4 cm³/mol. The molecule has 0 fully saturated rings. The van der Waals surface area contributed by atoms with Gasteiger partial charge in [-0.25, -0.2) is 8.78 Å². The quantitative estimate of drug-likeness (QED) is 0.753. The lowest BCUT2D eigenvalue weighted by Crippen LogP contribution is -2.13. The number of H-pyrrole nitrogens is 1. The van der Waals surface area contributed by atoms with Gasteiger partial charge in [-0.1, -0.05) is 18.2 Å². The van der Waals surface area contributed by atoms with Crippen molar-refractivity contribution in [3.8, 4) is 0 Å². The van der Waals surface area contributed by atoms with Gasteiger partial charge in [-0.3, -0.25) is 9.89 Å². The van der Waals surface area contributed by atoms with E-state index in [-0.39, 0.29) is 11.4 Å². The molecule has 2 N–H and O–H groups in total. The molecule has 1 aromatic heterocycles. The number of carbonyl (C=O) groups is 1. The summed E-state index contributed by atoms with van der Waals surface area (Å²) < 4.78 is 26.1. The summed E-state index contributed by atoms with van der Waals surface area (Å²) in [5.41, 5.74) is 0.924. The highest BCUT2D eigenvalue weighted by Crippen LogP contribution is 2.18. The van der Waals surface area contributed by atoms with Gasteiger partial charge in [-0.05, 0) is 18.2 Å². The number of aromatic nitrogens is 2. The number of carbonyl (C=O) groups excluding carboxylic acids is 1. The fourth-order valence-corrected chi connectivity index (χ4v) is 1.95. The first-order chi connectivity index (χ1) is 9.63. The molecule has 0 bridgehead atoms. The van der Waals surface area contributed by atoms with E-state index < -0.39 is 17.5 Å². The van der Waals surface area contributed by atoms with Gasteiger partial charge in [-0.2, -0.15) is 5.10 Å². The Morgan fingerprint density at radius 2 is 1.80 bits per heavy atom. The number of anilines is 1. The van der Waals surface area contributed by atoms with E-state index in [4.69, 9.17) is 0 Å². The van der Waals surface area contributed by atoms with Crippen molar-refractivity contribution in [2.45, 2.75) is 0 Å². The van der Waals surface area contributed by atoms with Crippen LogP contribution in [-0.2, 0) is 0 Å². The number of halogens is 2. The van der Waals surface area contributed by atoms with Gasteiger partial charge in [0.15, 0.2) is 5.69 Å². The molecule has 1 heterocycles. The molecule has 4 nitrogen and oxygen atoms in total. The zero-order chi connectivity index (χ0) is 14.1. The first-order valence-electron chi connectivity index (χ1n) is 5.84. The van der Waals surface area contributed by atoms with Crippen LogP contribution in [0.5, 0.6) is 0 Å². The highest BCUT2D eigenvalue weighted by molar-refractivity contribution is 6.11.